The Morgan fingerprint density at radius 3 is 2.88 bits per heavy atom. The number of thioether (sulfide) groups is 1. The lowest BCUT2D eigenvalue weighted by Crippen LogP contribution is -2.33. The Morgan fingerprint density at radius 1 is 1.46 bits per heavy atom. The van der Waals surface area contributed by atoms with Crippen LogP contribution in [0.2, 0.25) is 0 Å². The largest absolute Gasteiger partial charge is 0.490 e. The van der Waals surface area contributed by atoms with Crippen LogP contribution >= 0.6 is 11.8 Å². The molecule has 0 saturated carbocycles. The molecule has 1 aliphatic rings. The summed E-state index contributed by atoms with van der Waals surface area (Å²) in [5.41, 5.74) is 0.732. The Kier molecular flexibility index (Phi) is 6.50. The first-order chi connectivity index (χ1) is 11.5. The molecule has 9 nitrogen and oxygen atoms in total. The van der Waals surface area contributed by atoms with Crippen LogP contribution in [-0.2, 0) is 9.63 Å². The smallest absolute Gasteiger partial charge is 0.321 e. The number of carboxylic acid groups (broad SMARTS) is 1. The fraction of sp³-hybridized carbons (Fsp3) is 0.500. The van der Waals surface area contributed by atoms with E-state index in [4.69, 9.17) is 14.6 Å². The number of ether oxygens (including phenoxy) is 2. The van der Waals surface area contributed by atoms with Crippen LogP contribution in [0.1, 0.15) is 17.9 Å². The van der Waals surface area contributed by atoms with Crippen LogP contribution in [0.25, 0.3) is 0 Å². The van der Waals surface area contributed by atoms with Crippen molar-refractivity contribution in [3.8, 4) is 11.5 Å². The molecule has 1 fully saturated rings. The minimum Gasteiger partial charge on any atom is -0.490 e. The lowest BCUT2D eigenvalue weighted by molar-refractivity contribution is -0.757. The lowest BCUT2D eigenvalue weighted by Gasteiger charge is -2.19. The van der Waals surface area contributed by atoms with Gasteiger partial charge in [-0.15, -0.1) is 21.9 Å². The number of hydrogen-bond acceptors (Lipinski definition) is 8. The molecule has 0 aliphatic carbocycles. The van der Waals surface area contributed by atoms with Gasteiger partial charge in [0.25, 0.3) is 5.09 Å². The molecule has 0 aromatic heterocycles. The van der Waals surface area contributed by atoms with Crippen molar-refractivity contribution < 1.29 is 29.3 Å². The summed E-state index contributed by atoms with van der Waals surface area (Å²) in [5, 5.41) is 21.2. The minimum atomic E-state index is -0.909. The highest BCUT2D eigenvalue weighted by atomic mass is 32.2. The van der Waals surface area contributed by atoms with Crippen molar-refractivity contribution >= 4 is 17.7 Å². The molecule has 1 heterocycles. The molecule has 1 saturated heterocycles. The first kappa shape index (κ1) is 18.1. The van der Waals surface area contributed by atoms with Gasteiger partial charge in [-0.05, 0) is 13.0 Å². The van der Waals surface area contributed by atoms with E-state index in [1.165, 1.54) is 11.8 Å². The summed E-state index contributed by atoms with van der Waals surface area (Å²) in [6, 6.07) is 4.68. The van der Waals surface area contributed by atoms with Gasteiger partial charge in [0.05, 0.1) is 12.0 Å². The Morgan fingerprint density at radius 2 is 2.25 bits per heavy atom. The van der Waals surface area contributed by atoms with Crippen molar-refractivity contribution in [2.75, 3.05) is 25.6 Å². The molecule has 0 amide bonds. The highest BCUT2D eigenvalue weighted by molar-refractivity contribution is 7.99. The number of nitrogens with zero attached hydrogens (tertiary/aromatic N) is 1. The van der Waals surface area contributed by atoms with Crippen LogP contribution in [0, 0.1) is 10.1 Å². The summed E-state index contributed by atoms with van der Waals surface area (Å²) >= 11 is 1.45. The van der Waals surface area contributed by atoms with Crippen molar-refractivity contribution in [2.24, 2.45) is 0 Å². The molecule has 10 heteroatoms. The van der Waals surface area contributed by atoms with E-state index in [2.05, 4.69) is 10.2 Å². The summed E-state index contributed by atoms with van der Waals surface area (Å²) in [7, 11) is 0. The third-order valence-electron chi connectivity index (χ3n) is 3.20. The Bertz CT molecular complexity index is 598. The van der Waals surface area contributed by atoms with E-state index in [-0.39, 0.29) is 18.6 Å². The van der Waals surface area contributed by atoms with Gasteiger partial charge in [0.15, 0.2) is 11.5 Å². The molecule has 2 N–H and O–H groups in total. The number of carboxylic acids is 1. The zero-order valence-electron chi connectivity index (χ0n) is 13.0. The molecule has 132 valence electrons. The summed E-state index contributed by atoms with van der Waals surface area (Å²) in [5.74, 6) is 0.454. The van der Waals surface area contributed by atoms with E-state index in [1.54, 1.807) is 18.2 Å². The SMILES string of the molecule is CCOc1cccc(C2NC(C(=O)O)CS2)c1OCCO[N+](=O)[O-]. The molecule has 1 aromatic carbocycles. The quantitative estimate of drug-likeness (QED) is 0.384. The fourth-order valence-corrected chi connectivity index (χ4v) is 3.46. The molecule has 0 radical (unpaired) electrons. The van der Waals surface area contributed by atoms with Crippen molar-refractivity contribution in [3.63, 3.8) is 0 Å². The van der Waals surface area contributed by atoms with Crippen LogP contribution < -0.4 is 14.8 Å². The lowest BCUT2D eigenvalue weighted by atomic mass is 10.1. The van der Waals surface area contributed by atoms with Gasteiger partial charge in [0.2, 0.25) is 0 Å². The second-order valence-corrected chi connectivity index (χ2v) is 5.92. The van der Waals surface area contributed by atoms with Crippen molar-refractivity contribution in [2.45, 2.75) is 18.3 Å². The molecule has 2 unspecified atom stereocenters. The number of nitrogens with one attached hydrogen (secondary N) is 1. The molecule has 1 aromatic rings. The van der Waals surface area contributed by atoms with Gasteiger partial charge in [-0.3, -0.25) is 10.1 Å². The summed E-state index contributed by atoms with van der Waals surface area (Å²) < 4.78 is 11.2. The maximum Gasteiger partial charge on any atom is 0.321 e. The van der Waals surface area contributed by atoms with Gasteiger partial charge in [0.1, 0.15) is 19.3 Å². The van der Waals surface area contributed by atoms with E-state index < -0.39 is 17.1 Å². The van der Waals surface area contributed by atoms with Gasteiger partial charge in [-0.1, -0.05) is 12.1 Å². The van der Waals surface area contributed by atoms with E-state index in [0.717, 1.165) is 5.56 Å². The molecule has 2 rings (SSSR count). The van der Waals surface area contributed by atoms with Crippen LogP contribution in [-0.4, -0.2) is 47.8 Å². The van der Waals surface area contributed by atoms with Gasteiger partial charge in [0, 0.05) is 11.3 Å². The van der Waals surface area contributed by atoms with Gasteiger partial charge < -0.3 is 19.4 Å². The summed E-state index contributed by atoms with van der Waals surface area (Å²) in [6.45, 7) is 2.01. The molecular formula is C14H18N2O7S. The van der Waals surface area contributed by atoms with E-state index in [0.29, 0.717) is 23.9 Å². The Hall–Kier alpha value is -2.20. The fourth-order valence-electron chi connectivity index (χ4n) is 2.21. The van der Waals surface area contributed by atoms with Crippen molar-refractivity contribution in [1.29, 1.82) is 0 Å². The summed E-state index contributed by atoms with van der Waals surface area (Å²) in [4.78, 5) is 25.5. The maximum absolute atomic E-state index is 11.1. The maximum atomic E-state index is 11.1. The predicted molar refractivity (Wildman–Crippen MR) is 85.8 cm³/mol. The Labute approximate surface area is 142 Å². The average molecular weight is 358 g/mol. The number of hydrogen-bond donors (Lipinski definition) is 2. The zero-order chi connectivity index (χ0) is 17.5. The van der Waals surface area contributed by atoms with Crippen molar-refractivity contribution in [3.05, 3.63) is 33.9 Å². The van der Waals surface area contributed by atoms with Gasteiger partial charge >= 0.3 is 5.97 Å². The first-order valence-electron chi connectivity index (χ1n) is 7.29. The van der Waals surface area contributed by atoms with Crippen LogP contribution in [0.15, 0.2) is 18.2 Å². The highest BCUT2D eigenvalue weighted by Crippen LogP contribution is 2.42. The number of carbonyl (C=O) groups is 1. The minimum absolute atomic E-state index is 0.0299. The molecule has 2 atom stereocenters. The van der Waals surface area contributed by atoms with Gasteiger partial charge in [-0.25, -0.2) is 0 Å². The first-order valence-corrected chi connectivity index (χ1v) is 8.34. The Balaban J connectivity index is 2.15. The highest BCUT2D eigenvalue weighted by Gasteiger charge is 2.32. The number of para-hydroxylation sites is 1. The van der Waals surface area contributed by atoms with Crippen molar-refractivity contribution in [1.82, 2.24) is 5.32 Å². The molecule has 24 heavy (non-hydrogen) atoms. The molecule has 1 aliphatic heterocycles. The molecule has 0 spiro atoms. The zero-order valence-corrected chi connectivity index (χ0v) is 13.8. The van der Waals surface area contributed by atoms with E-state index in [1.807, 2.05) is 6.92 Å². The topological polar surface area (TPSA) is 120 Å². The normalized spacial score (nSPS) is 19.7. The second-order valence-electron chi connectivity index (χ2n) is 4.78. The van der Waals surface area contributed by atoms with Crippen LogP contribution in [0.5, 0.6) is 11.5 Å². The number of aliphatic carboxylic acids is 1. The number of rotatable bonds is 9. The predicted octanol–water partition coefficient (Wildman–Crippen LogP) is 1.46. The standard InChI is InChI=1S/C14H18N2O7S/c1-2-21-11-5-3-4-9(12(11)22-6-7-23-16(19)20)13-15-10(8-24-13)14(17)18/h3-5,10,13,15H,2,6-8H2,1H3,(H,17,18). The molecular weight excluding hydrogens is 340 g/mol. The average Bonchev–Trinajstić information content (AvgIpc) is 3.02. The third-order valence-corrected chi connectivity index (χ3v) is 4.45. The number of benzene rings is 1. The van der Waals surface area contributed by atoms with Crippen LogP contribution in [0.3, 0.4) is 0 Å². The van der Waals surface area contributed by atoms with E-state index in [9.17, 15) is 14.9 Å². The van der Waals surface area contributed by atoms with Crippen LogP contribution in [0.4, 0.5) is 0 Å². The van der Waals surface area contributed by atoms with E-state index >= 15 is 0 Å². The monoisotopic (exact) mass is 358 g/mol. The molecule has 0 bridgehead atoms. The summed E-state index contributed by atoms with van der Waals surface area (Å²) in [6.07, 6.45) is 0. The third kappa shape index (κ3) is 4.65. The van der Waals surface area contributed by atoms with Gasteiger partial charge in [-0.2, -0.15) is 0 Å². The second kappa shape index (κ2) is 8.60.